The van der Waals surface area contributed by atoms with Gasteiger partial charge in [-0.25, -0.2) is 0 Å². The van der Waals surface area contributed by atoms with Crippen molar-refractivity contribution in [3.8, 4) is 5.75 Å². The van der Waals surface area contributed by atoms with E-state index in [1.165, 1.54) is 62.5 Å². The molecule has 0 saturated carbocycles. The highest BCUT2D eigenvalue weighted by atomic mass is 16.5. The van der Waals surface area contributed by atoms with Gasteiger partial charge >= 0.3 is 0 Å². The molecule has 0 amide bonds. The van der Waals surface area contributed by atoms with E-state index in [4.69, 9.17) is 4.74 Å². The summed E-state index contributed by atoms with van der Waals surface area (Å²) in [5.41, 5.74) is 2.98. The maximum Gasteiger partial charge on any atom is 0.119 e. The normalized spacial score (nSPS) is 19.1. The number of fused-ring (bicyclic) bond motifs is 1. The molecule has 0 saturated heterocycles. The van der Waals surface area contributed by atoms with Crippen molar-refractivity contribution in [1.82, 2.24) is 5.32 Å². The molecular formula is C19H31NO. The summed E-state index contributed by atoms with van der Waals surface area (Å²) in [5, 5.41) is 3.94. The maximum absolute atomic E-state index is 5.42. The SMILES string of the molecule is CCCCC(CCC)NC1CCCc2ccc(OC)cc21. The van der Waals surface area contributed by atoms with E-state index in [0.29, 0.717) is 12.1 Å². The van der Waals surface area contributed by atoms with Gasteiger partial charge in [-0.3, -0.25) is 0 Å². The van der Waals surface area contributed by atoms with Gasteiger partial charge in [0.2, 0.25) is 0 Å². The fraction of sp³-hybridized carbons (Fsp3) is 0.684. The van der Waals surface area contributed by atoms with Crippen molar-refractivity contribution in [1.29, 1.82) is 0 Å². The molecule has 1 aliphatic carbocycles. The summed E-state index contributed by atoms with van der Waals surface area (Å²) in [4.78, 5) is 0. The van der Waals surface area contributed by atoms with Crippen molar-refractivity contribution >= 4 is 0 Å². The second kappa shape index (κ2) is 8.43. The molecule has 21 heavy (non-hydrogen) atoms. The highest BCUT2D eigenvalue weighted by Gasteiger charge is 2.22. The zero-order valence-corrected chi connectivity index (χ0v) is 14.0. The number of ether oxygens (including phenoxy) is 1. The Hall–Kier alpha value is -1.02. The molecule has 0 aromatic heterocycles. The Morgan fingerprint density at radius 1 is 1.24 bits per heavy atom. The van der Waals surface area contributed by atoms with Crippen molar-refractivity contribution < 1.29 is 4.74 Å². The van der Waals surface area contributed by atoms with E-state index in [0.717, 1.165) is 5.75 Å². The fourth-order valence-electron chi connectivity index (χ4n) is 3.47. The Morgan fingerprint density at radius 2 is 2.10 bits per heavy atom. The van der Waals surface area contributed by atoms with E-state index in [9.17, 15) is 0 Å². The smallest absolute Gasteiger partial charge is 0.119 e. The summed E-state index contributed by atoms with van der Waals surface area (Å²) in [7, 11) is 1.76. The minimum absolute atomic E-state index is 0.511. The van der Waals surface area contributed by atoms with Crippen LogP contribution in [-0.2, 0) is 6.42 Å². The van der Waals surface area contributed by atoms with E-state index in [2.05, 4.69) is 37.4 Å². The van der Waals surface area contributed by atoms with Gasteiger partial charge in [0.1, 0.15) is 5.75 Å². The number of unbranched alkanes of at least 4 members (excludes halogenated alkanes) is 1. The molecule has 0 bridgehead atoms. The first-order valence-corrected chi connectivity index (χ1v) is 8.71. The molecule has 2 heteroatoms. The molecule has 2 rings (SSSR count). The first-order valence-electron chi connectivity index (χ1n) is 8.71. The van der Waals surface area contributed by atoms with Crippen LogP contribution in [0.4, 0.5) is 0 Å². The summed E-state index contributed by atoms with van der Waals surface area (Å²) in [6, 6.07) is 7.77. The third kappa shape index (κ3) is 4.47. The Morgan fingerprint density at radius 3 is 2.81 bits per heavy atom. The van der Waals surface area contributed by atoms with Crippen LogP contribution in [0.3, 0.4) is 0 Å². The fourth-order valence-corrected chi connectivity index (χ4v) is 3.47. The Balaban J connectivity index is 2.09. The van der Waals surface area contributed by atoms with Crippen LogP contribution in [0.25, 0.3) is 0 Å². The minimum atomic E-state index is 0.511. The first-order chi connectivity index (χ1) is 10.3. The molecule has 1 aromatic rings. The Bertz CT molecular complexity index is 430. The van der Waals surface area contributed by atoms with E-state index in [-0.39, 0.29) is 0 Å². The topological polar surface area (TPSA) is 21.3 Å². The van der Waals surface area contributed by atoms with Crippen LogP contribution in [0.2, 0.25) is 0 Å². The van der Waals surface area contributed by atoms with Crippen LogP contribution in [0, 0.1) is 0 Å². The lowest BCUT2D eigenvalue weighted by Crippen LogP contribution is -2.34. The van der Waals surface area contributed by atoms with Crippen LogP contribution < -0.4 is 10.1 Å². The van der Waals surface area contributed by atoms with Gasteiger partial charge < -0.3 is 10.1 Å². The van der Waals surface area contributed by atoms with Gasteiger partial charge in [-0.05, 0) is 55.4 Å². The van der Waals surface area contributed by atoms with Crippen LogP contribution in [0.1, 0.15) is 76.0 Å². The molecule has 0 heterocycles. The van der Waals surface area contributed by atoms with Crippen molar-refractivity contribution in [2.45, 2.75) is 77.3 Å². The number of hydrogen-bond donors (Lipinski definition) is 1. The summed E-state index contributed by atoms with van der Waals surface area (Å²) in [6.07, 6.45) is 10.2. The molecule has 1 N–H and O–H groups in total. The van der Waals surface area contributed by atoms with Gasteiger partial charge in [-0.15, -0.1) is 0 Å². The Labute approximate surface area is 130 Å². The van der Waals surface area contributed by atoms with Crippen molar-refractivity contribution in [3.05, 3.63) is 29.3 Å². The average Bonchev–Trinajstić information content (AvgIpc) is 2.52. The second-order valence-electron chi connectivity index (χ2n) is 6.30. The highest BCUT2D eigenvalue weighted by Crippen LogP contribution is 2.33. The van der Waals surface area contributed by atoms with E-state index >= 15 is 0 Å². The number of hydrogen-bond acceptors (Lipinski definition) is 2. The lowest BCUT2D eigenvalue weighted by Gasteiger charge is -2.31. The lowest BCUT2D eigenvalue weighted by molar-refractivity contribution is 0.354. The van der Waals surface area contributed by atoms with Gasteiger partial charge in [0.25, 0.3) is 0 Å². The van der Waals surface area contributed by atoms with Crippen molar-refractivity contribution in [2.75, 3.05) is 7.11 Å². The van der Waals surface area contributed by atoms with Crippen LogP contribution >= 0.6 is 0 Å². The van der Waals surface area contributed by atoms with Gasteiger partial charge in [0.05, 0.1) is 7.11 Å². The molecule has 2 unspecified atom stereocenters. The standard InChI is InChI=1S/C19H31NO/c1-4-6-10-16(8-5-2)20-19-11-7-9-15-12-13-17(21-3)14-18(15)19/h12-14,16,19-20H,4-11H2,1-3H3. The summed E-state index contributed by atoms with van der Waals surface area (Å²) in [5.74, 6) is 0.989. The van der Waals surface area contributed by atoms with E-state index in [1.54, 1.807) is 7.11 Å². The molecule has 2 nitrogen and oxygen atoms in total. The van der Waals surface area contributed by atoms with Gasteiger partial charge in [-0.2, -0.15) is 0 Å². The van der Waals surface area contributed by atoms with E-state index in [1.807, 2.05) is 0 Å². The summed E-state index contributed by atoms with van der Waals surface area (Å²) in [6.45, 7) is 4.57. The Kier molecular flexibility index (Phi) is 6.56. The third-order valence-electron chi connectivity index (χ3n) is 4.65. The molecule has 1 aromatic carbocycles. The molecule has 0 radical (unpaired) electrons. The first kappa shape index (κ1) is 16.4. The summed E-state index contributed by atoms with van der Waals surface area (Å²) >= 11 is 0. The lowest BCUT2D eigenvalue weighted by atomic mass is 9.86. The number of rotatable bonds is 8. The number of methoxy groups -OCH3 is 1. The van der Waals surface area contributed by atoms with Crippen LogP contribution in [0.5, 0.6) is 5.75 Å². The van der Waals surface area contributed by atoms with Gasteiger partial charge in [0.15, 0.2) is 0 Å². The minimum Gasteiger partial charge on any atom is -0.497 e. The molecule has 1 aliphatic rings. The molecule has 0 aliphatic heterocycles. The third-order valence-corrected chi connectivity index (χ3v) is 4.65. The maximum atomic E-state index is 5.42. The highest BCUT2D eigenvalue weighted by molar-refractivity contribution is 5.39. The monoisotopic (exact) mass is 289 g/mol. The van der Waals surface area contributed by atoms with Crippen LogP contribution in [0.15, 0.2) is 18.2 Å². The van der Waals surface area contributed by atoms with E-state index < -0.39 is 0 Å². The van der Waals surface area contributed by atoms with Crippen molar-refractivity contribution in [3.63, 3.8) is 0 Å². The number of benzene rings is 1. The quantitative estimate of drug-likeness (QED) is 0.725. The summed E-state index contributed by atoms with van der Waals surface area (Å²) < 4.78 is 5.42. The van der Waals surface area contributed by atoms with Crippen molar-refractivity contribution in [2.24, 2.45) is 0 Å². The number of nitrogens with one attached hydrogen (secondary N) is 1. The van der Waals surface area contributed by atoms with Gasteiger partial charge in [0, 0.05) is 12.1 Å². The predicted octanol–water partition coefficient (Wildman–Crippen LogP) is 5.02. The van der Waals surface area contributed by atoms with Crippen LogP contribution in [-0.4, -0.2) is 13.2 Å². The molecule has 2 atom stereocenters. The average molecular weight is 289 g/mol. The predicted molar refractivity (Wildman–Crippen MR) is 90.0 cm³/mol. The molecule has 118 valence electrons. The number of aryl methyl sites for hydroxylation is 1. The second-order valence-corrected chi connectivity index (χ2v) is 6.30. The molecular weight excluding hydrogens is 258 g/mol. The molecule has 0 fully saturated rings. The molecule has 0 spiro atoms. The largest absolute Gasteiger partial charge is 0.497 e. The van der Waals surface area contributed by atoms with Gasteiger partial charge in [-0.1, -0.05) is 39.2 Å². The zero-order chi connectivity index (χ0) is 15.1. The zero-order valence-electron chi connectivity index (χ0n) is 14.0.